The van der Waals surface area contributed by atoms with E-state index in [2.05, 4.69) is 10.2 Å². The Morgan fingerprint density at radius 3 is 2.68 bits per heavy atom. The summed E-state index contributed by atoms with van der Waals surface area (Å²) < 4.78 is 12.5. The summed E-state index contributed by atoms with van der Waals surface area (Å²) in [6.07, 6.45) is 2.43. The number of amides is 1. The monoisotopic (exact) mass is 480 g/mol. The standard InChI is InChI=1S/C25H28N4O4S/c1-3-33-24(31)21-14-7-8-15-28(21)22(30)17-34-25-27-26-23(18-10-9-13-20(16-18)32-2)29(25)19-11-5-4-6-12-19/h4-6,9-13,16,21H,3,7-8,14-15,17H2,1-2H3/t21-/m0/s1. The normalized spacial score (nSPS) is 15.7. The van der Waals surface area contributed by atoms with Gasteiger partial charge in [-0.1, -0.05) is 42.1 Å². The molecule has 9 heteroatoms. The van der Waals surface area contributed by atoms with Crippen LogP contribution in [0.2, 0.25) is 0 Å². The summed E-state index contributed by atoms with van der Waals surface area (Å²) in [6.45, 7) is 2.64. The molecule has 1 aliphatic rings. The molecular formula is C25H28N4O4S. The number of carbonyl (C=O) groups excluding carboxylic acids is 2. The van der Waals surface area contributed by atoms with Crippen molar-refractivity contribution in [2.45, 2.75) is 37.4 Å². The van der Waals surface area contributed by atoms with Crippen LogP contribution in [0.15, 0.2) is 59.8 Å². The van der Waals surface area contributed by atoms with Gasteiger partial charge < -0.3 is 14.4 Å². The molecule has 3 aromatic rings. The molecule has 4 rings (SSSR count). The minimum Gasteiger partial charge on any atom is -0.497 e. The lowest BCUT2D eigenvalue weighted by molar-refractivity contribution is -0.155. The summed E-state index contributed by atoms with van der Waals surface area (Å²) in [5.41, 5.74) is 1.75. The molecule has 178 valence electrons. The molecule has 0 unspecified atom stereocenters. The highest BCUT2D eigenvalue weighted by Gasteiger charge is 2.33. The topological polar surface area (TPSA) is 86.6 Å². The number of thioether (sulfide) groups is 1. The molecule has 0 radical (unpaired) electrons. The van der Waals surface area contributed by atoms with E-state index in [0.717, 1.165) is 29.8 Å². The number of ether oxygens (including phenoxy) is 2. The summed E-state index contributed by atoms with van der Waals surface area (Å²) >= 11 is 1.31. The van der Waals surface area contributed by atoms with Crippen LogP contribution in [0.4, 0.5) is 0 Å². The minimum atomic E-state index is -0.513. The van der Waals surface area contributed by atoms with Crippen molar-refractivity contribution in [1.82, 2.24) is 19.7 Å². The fourth-order valence-corrected chi connectivity index (χ4v) is 4.88. The molecular weight excluding hydrogens is 452 g/mol. The SMILES string of the molecule is CCOC(=O)[C@@H]1CCCCN1C(=O)CSc1nnc(-c2cccc(OC)c2)n1-c1ccccc1. The summed E-state index contributed by atoms with van der Waals surface area (Å²) in [5.74, 6) is 1.10. The smallest absolute Gasteiger partial charge is 0.328 e. The van der Waals surface area contributed by atoms with Crippen LogP contribution in [0, 0.1) is 0 Å². The third kappa shape index (κ3) is 5.25. The number of methoxy groups -OCH3 is 1. The molecule has 1 amide bonds. The van der Waals surface area contributed by atoms with Crippen LogP contribution in [-0.4, -0.2) is 63.6 Å². The largest absolute Gasteiger partial charge is 0.497 e. The second-order valence-corrected chi connectivity index (χ2v) is 8.79. The molecule has 1 saturated heterocycles. The van der Waals surface area contributed by atoms with E-state index >= 15 is 0 Å². The van der Waals surface area contributed by atoms with E-state index in [1.807, 2.05) is 59.2 Å². The first kappa shape index (κ1) is 23.8. The number of hydrogen-bond donors (Lipinski definition) is 0. The molecule has 0 spiro atoms. The quantitative estimate of drug-likeness (QED) is 0.356. The number of esters is 1. The number of carbonyl (C=O) groups is 2. The number of hydrogen-bond acceptors (Lipinski definition) is 7. The van der Waals surface area contributed by atoms with Crippen LogP contribution in [0.3, 0.4) is 0 Å². The molecule has 0 saturated carbocycles. The number of para-hydroxylation sites is 1. The molecule has 8 nitrogen and oxygen atoms in total. The van der Waals surface area contributed by atoms with Crippen molar-refractivity contribution in [3.05, 3.63) is 54.6 Å². The predicted octanol–water partition coefficient (Wildman–Crippen LogP) is 3.98. The molecule has 1 aliphatic heterocycles. The Bertz CT molecular complexity index is 1130. The number of nitrogens with zero attached hydrogens (tertiary/aromatic N) is 4. The number of likely N-dealkylation sites (tertiary alicyclic amines) is 1. The van der Waals surface area contributed by atoms with Crippen molar-refractivity contribution in [3.8, 4) is 22.8 Å². The average molecular weight is 481 g/mol. The maximum Gasteiger partial charge on any atom is 0.328 e. The maximum absolute atomic E-state index is 13.1. The van der Waals surface area contributed by atoms with E-state index in [1.165, 1.54) is 11.8 Å². The zero-order chi connectivity index (χ0) is 23.9. The molecule has 0 aliphatic carbocycles. The van der Waals surface area contributed by atoms with Gasteiger partial charge in [-0.25, -0.2) is 4.79 Å². The molecule has 1 atom stereocenters. The van der Waals surface area contributed by atoms with Gasteiger partial charge in [0, 0.05) is 17.8 Å². The molecule has 34 heavy (non-hydrogen) atoms. The van der Waals surface area contributed by atoms with Crippen LogP contribution < -0.4 is 4.74 Å². The van der Waals surface area contributed by atoms with Gasteiger partial charge in [0.15, 0.2) is 11.0 Å². The van der Waals surface area contributed by atoms with Crippen molar-refractivity contribution in [3.63, 3.8) is 0 Å². The van der Waals surface area contributed by atoms with Gasteiger partial charge in [0.1, 0.15) is 11.8 Å². The first-order valence-electron chi connectivity index (χ1n) is 11.4. The van der Waals surface area contributed by atoms with Crippen LogP contribution in [0.5, 0.6) is 5.75 Å². The first-order chi connectivity index (χ1) is 16.6. The Morgan fingerprint density at radius 1 is 1.09 bits per heavy atom. The van der Waals surface area contributed by atoms with Crippen LogP contribution in [-0.2, 0) is 14.3 Å². The Balaban J connectivity index is 1.59. The molecule has 1 fully saturated rings. The third-order valence-electron chi connectivity index (χ3n) is 5.68. The van der Waals surface area contributed by atoms with Crippen LogP contribution >= 0.6 is 11.8 Å². The van der Waals surface area contributed by atoms with Gasteiger partial charge >= 0.3 is 5.97 Å². The lowest BCUT2D eigenvalue weighted by atomic mass is 10.0. The summed E-state index contributed by atoms with van der Waals surface area (Å²) in [7, 11) is 1.62. The van der Waals surface area contributed by atoms with Crippen LogP contribution in [0.1, 0.15) is 26.2 Å². The van der Waals surface area contributed by atoms with E-state index in [1.54, 1.807) is 18.9 Å². The third-order valence-corrected chi connectivity index (χ3v) is 6.60. The molecule has 1 aromatic heterocycles. The average Bonchev–Trinajstić information content (AvgIpc) is 3.32. The molecule has 2 heterocycles. The van der Waals surface area contributed by atoms with Gasteiger partial charge in [-0.15, -0.1) is 10.2 Å². The lowest BCUT2D eigenvalue weighted by Crippen LogP contribution is -2.49. The zero-order valence-electron chi connectivity index (χ0n) is 19.3. The first-order valence-corrected chi connectivity index (χ1v) is 12.3. The van der Waals surface area contributed by atoms with Gasteiger partial charge in [0.25, 0.3) is 0 Å². The van der Waals surface area contributed by atoms with E-state index in [4.69, 9.17) is 9.47 Å². The van der Waals surface area contributed by atoms with E-state index < -0.39 is 6.04 Å². The second-order valence-electron chi connectivity index (χ2n) is 7.85. The number of aromatic nitrogens is 3. The Hall–Kier alpha value is -3.33. The zero-order valence-corrected chi connectivity index (χ0v) is 20.2. The Kier molecular flexibility index (Phi) is 7.84. The van der Waals surface area contributed by atoms with Crippen molar-refractivity contribution in [2.75, 3.05) is 26.0 Å². The van der Waals surface area contributed by atoms with Gasteiger partial charge in [0.2, 0.25) is 5.91 Å². The van der Waals surface area contributed by atoms with Crippen molar-refractivity contribution in [2.24, 2.45) is 0 Å². The number of rotatable bonds is 8. The Labute approximate surface area is 203 Å². The summed E-state index contributed by atoms with van der Waals surface area (Å²) in [6, 6.07) is 16.9. The van der Waals surface area contributed by atoms with E-state index in [0.29, 0.717) is 30.6 Å². The summed E-state index contributed by atoms with van der Waals surface area (Å²) in [4.78, 5) is 27.2. The predicted molar refractivity (Wildman–Crippen MR) is 130 cm³/mol. The highest BCUT2D eigenvalue weighted by molar-refractivity contribution is 7.99. The Morgan fingerprint density at radius 2 is 1.91 bits per heavy atom. The van der Waals surface area contributed by atoms with E-state index in [9.17, 15) is 9.59 Å². The number of benzene rings is 2. The molecule has 2 aromatic carbocycles. The van der Waals surface area contributed by atoms with Crippen molar-refractivity contribution >= 4 is 23.6 Å². The highest BCUT2D eigenvalue weighted by atomic mass is 32.2. The minimum absolute atomic E-state index is 0.103. The molecule has 0 N–H and O–H groups in total. The second kappa shape index (κ2) is 11.2. The highest BCUT2D eigenvalue weighted by Crippen LogP contribution is 2.30. The lowest BCUT2D eigenvalue weighted by Gasteiger charge is -2.33. The maximum atomic E-state index is 13.1. The van der Waals surface area contributed by atoms with Gasteiger partial charge in [-0.05, 0) is 50.5 Å². The van der Waals surface area contributed by atoms with Crippen molar-refractivity contribution < 1.29 is 19.1 Å². The van der Waals surface area contributed by atoms with Crippen molar-refractivity contribution in [1.29, 1.82) is 0 Å². The van der Waals surface area contributed by atoms with Crippen LogP contribution in [0.25, 0.3) is 17.1 Å². The fraction of sp³-hybridized carbons (Fsp3) is 0.360. The molecule has 0 bridgehead atoms. The van der Waals surface area contributed by atoms with Gasteiger partial charge in [-0.2, -0.15) is 0 Å². The fourth-order valence-electron chi connectivity index (χ4n) is 4.05. The van der Waals surface area contributed by atoms with E-state index in [-0.39, 0.29) is 17.6 Å². The number of piperidine rings is 1. The van der Waals surface area contributed by atoms with Gasteiger partial charge in [-0.3, -0.25) is 9.36 Å². The van der Waals surface area contributed by atoms with Gasteiger partial charge in [0.05, 0.1) is 19.5 Å². The summed E-state index contributed by atoms with van der Waals surface area (Å²) in [5, 5.41) is 9.43.